The van der Waals surface area contributed by atoms with Crippen molar-refractivity contribution < 1.29 is 12.8 Å². The molecule has 1 N–H and O–H groups in total. The Morgan fingerprint density at radius 2 is 1.75 bits per heavy atom. The van der Waals surface area contributed by atoms with Crippen LogP contribution in [0.5, 0.6) is 0 Å². The third-order valence-corrected chi connectivity index (χ3v) is 4.63. The molecule has 2 aromatic carbocycles. The maximum atomic E-state index is 13.0. The SMILES string of the molecule is Cc1ccc(S(=O)(=O)Nc2ccc(F)c(Cl)c2)cc1C. The number of hydrogen-bond acceptors (Lipinski definition) is 2. The van der Waals surface area contributed by atoms with Gasteiger partial charge < -0.3 is 0 Å². The van der Waals surface area contributed by atoms with E-state index in [9.17, 15) is 12.8 Å². The van der Waals surface area contributed by atoms with Crippen molar-refractivity contribution in [2.24, 2.45) is 0 Å². The molecule has 0 aromatic heterocycles. The summed E-state index contributed by atoms with van der Waals surface area (Å²) in [6.45, 7) is 3.74. The standard InChI is InChI=1S/C14H13ClFNO2S/c1-9-3-5-12(7-10(9)2)20(18,19)17-11-4-6-14(16)13(15)8-11/h3-8,17H,1-2H3. The second-order valence-corrected chi connectivity index (χ2v) is 6.57. The molecular formula is C14H13ClFNO2S. The van der Waals surface area contributed by atoms with Crippen LogP contribution in [-0.2, 0) is 10.0 Å². The number of nitrogens with one attached hydrogen (secondary N) is 1. The molecule has 0 radical (unpaired) electrons. The maximum Gasteiger partial charge on any atom is 0.261 e. The van der Waals surface area contributed by atoms with Crippen LogP contribution in [0.15, 0.2) is 41.3 Å². The van der Waals surface area contributed by atoms with Crippen molar-refractivity contribution in [1.82, 2.24) is 0 Å². The molecule has 20 heavy (non-hydrogen) atoms. The zero-order chi connectivity index (χ0) is 14.9. The number of aryl methyl sites for hydroxylation is 2. The van der Waals surface area contributed by atoms with Gasteiger partial charge in [-0.1, -0.05) is 17.7 Å². The predicted molar refractivity (Wildman–Crippen MR) is 78.1 cm³/mol. The monoisotopic (exact) mass is 313 g/mol. The normalized spacial score (nSPS) is 11.4. The van der Waals surface area contributed by atoms with Crippen LogP contribution >= 0.6 is 11.6 Å². The van der Waals surface area contributed by atoms with Gasteiger partial charge in [0.25, 0.3) is 10.0 Å². The Labute approximate surface area is 122 Å². The van der Waals surface area contributed by atoms with E-state index in [1.807, 2.05) is 13.8 Å². The van der Waals surface area contributed by atoms with Gasteiger partial charge in [0.15, 0.2) is 0 Å². The summed E-state index contributed by atoms with van der Waals surface area (Å²) in [5.41, 5.74) is 2.11. The van der Waals surface area contributed by atoms with E-state index >= 15 is 0 Å². The average molecular weight is 314 g/mol. The van der Waals surface area contributed by atoms with E-state index in [1.54, 1.807) is 12.1 Å². The van der Waals surface area contributed by atoms with Gasteiger partial charge in [-0.25, -0.2) is 12.8 Å². The first kappa shape index (κ1) is 14.8. The van der Waals surface area contributed by atoms with Crippen molar-refractivity contribution in [3.8, 4) is 0 Å². The van der Waals surface area contributed by atoms with E-state index in [0.29, 0.717) is 0 Å². The van der Waals surface area contributed by atoms with Crippen LogP contribution in [0.25, 0.3) is 0 Å². The molecule has 0 bridgehead atoms. The number of benzene rings is 2. The van der Waals surface area contributed by atoms with E-state index in [-0.39, 0.29) is 15.6 Å². The van der Waals surface area contributed by atoms with E-state index in [4.69, 9.17) is 11.6 Å². The molecule has 0 atom stereocenters. The molecule has 0 saturated heterocycles. The Morgan fingerprint density at radius 3 is 2.35 bits per heavy atom. The second-order valence-electron chi connectivity index (χ2n) is 4.48. The number of hydrogen-bond donors (Lipinski definition) is 1. The van der Waals surface area contributed by atoms with Crippen molar-refractivity contribution in [3.05, 3.63) is 58.4 Å². The van der Waals surface area contributed by atoms with Gasteiger partial charge in [-0.2, -0.15) is 0 Å². The summed E-state index contributed by atoms with van der Waals surface area (Å²) in [6.07, 6.45) is 0. The molecule has 0 fully saturated rings. The first-order valence-electron chi connectivity index (χ1n) is 5.85. The van der Waals surface area contributed by atoms with Gasteiger partial charge in [0.05, 0.1) is 15.6 Å². The lowest BCUT2D eigenvalue weighted by atomic mass is 10.1. The molecule has 106 valence electrons. The molecule has 2 rings (SSSR count). The van der Waals surface area contributed by atoms with Gasteiger partial charge in [-0.15, -0.1) is 0 Å². The molecule has 0 saturated carbocycles. The highest BCUT2D eigenvalue weighted by Crippen LogP contribution is 2.23. The lowest BCUT2D eigenvalue weighted by Gasteiger charge is -2.10. The van der Waals surface area contributed by atoms with Crippen molar-refractivity contribution in [2.75, 3.05) is 4.72 Å². The number of sulfonamides is 1. The quantitative estimate of drug-likeness (QED) is 0.934. The summed E-state index contributed by atoms with van der Waals surface area (Å²) >= 11 is 5.62. The Kier molecular flexibility index (Phi) is 4.01. The molecule has 0 aliphatic heterocycles. The molecule has 0 aliphatic carbocycles. The summed E-state index contributed by atoms with van der Waals surface area (Å²) in [4.78, 5) is 0.154. The third kappa shape index (κ3) is 3.11. The summed E-state index contributed by atoms with van der Waals surface area (Å²) in [7, 11) is -3.71. The van der Waals surface area contributed by atoms with Crippen LogP contribution in [-0.4, -0.2) is 8.42 Å². The highest BCUT2D eigenvalue weighted by atomic mass is 35.5. The average Bonchev–Trinajstić information content (AvgIpc) is 2.37. The highest BCUT2D eigenvalue weighted by molar-refractivity contribution is 7.92. The lowest BCUT2D eigenvalue weighted by molar-refractivity contribution is 0.601. The minimum absolute atomic E-state index is 0.134. The minimum Gasteiger partial charge on any atom is -0.280 e. The maximum absolute atomic E-state index is 13.0. The van der Waals surface area contributed by atoms with Crippen LogP contribution in [0.1, 0.15) is 11.1 Å². The van der Waals surface area contributed by atoms with Gasteiger partial charge in [0.2, 0.25) is 0 Å². The summed E-state index contributed by atoms with van der Waals surface area (Å²) < 4.78 is 39.8. The molecule has 0 aliphatic rings. The fourth-order valence-electron chi connectivity index (χ4n) is 1.65. The summed E-state index contributed by atoms with van der Waals surface area (Å²) in [5.74, 6) is -0.596. The fourth-order valence-corrected chi connectivity index (χ4v) is 2.97. The largest absolute Gasteiger partial charge is 0.280 e. The van der Waals surface area contributed by atoms with Crippen LogP contribution in [0.2, 0.25) is 5.02 Å². The van der Waals surface area contributed by atoms with E-state index in [0.717, 1.165) is 17.2 Å². The Hall–Kier alpha value is -1.59. The molecule has 0 unspecified atom stereocenters. The number of halogens is 2. The third-order valence-electron chi connectivity index (χ3n) is 2.96. The zero-order valence-corrected chi connectivity index (χ0v) is 12.5. The summed E-state index contributed by atoms with van der Waals surface area (Å²) in [5, 5.41) is -0.134. The Balaban J connectivity index is 2.35. The van der Waals surface area contributed by atoms with Crippen LogP contribution in [0, 0.1) is 19.7 Å². The molecule has 0 spiro atoms. The van der Waals surface area contributed by atoms with Gasteiger partial charge in [-0.05, 0) is 55.3 Å². The van der Waals surface area contributed by atoms with Crippen LogP contribution in [0.4, 0.5) is 10.1 Å². The van der Waals surface area contributed by atoms with Crippen molar-refractivity contribution >= 4 is 27.3 Å². The summed E-state index contributed by atoms with van der Waals surface area (Å²) in [6, 6.07) is 8.51. The number of rotatable bonds is 3. The van der Waals surface area contributed by atoms with Crippen molar-refractivity contribution in [1.29, 1.82) is 0 Å². The topological polar surface area (TPSA) is 46.2 Å². The van der Waals surface area contributed by atoms with E-state index in [2.05, 4.69) is 4.72 Å². The molecule has 6 heteroatoms. The Bertz CT molecular complexity index is 760. The van der Waals surface area contributed by atoms with Crippen molar-refractivity contribution in [3.63, 3.8) is 0 Å². The highest BCUT2D eigenvalue weighted by Gasteiger charge is 2.15. The van der Waals surface area contributed by atoms with Gasteiger partial charge in [0, 0.05) is 0 Å². The molecular weight excluding hydrogens is 301 g/mol. The first-order chi connectivity index (χ1) is 9.29. The van der Waals surface area contributed by atoms with Crippen LogP contribution < -0.4 is 4.72 Å². The Morgan fingerprint density at radius 1 is 1.05 bits per heavy atom. The number of anilines is 1. The van der Waals surface area contributed by atoms with E-state index < -0.39 is 15.8 Å². The van der Waals surface area contributed by atoms with Gasteiger partial charge in [-0.3, -0.25) is 4.72 Å². The van der Waals surface area contributed by atoms with E-state index in [1.165, 1.54) is 18.2 Å². The second kappa shape index (κ2) is 5.42. The fraction of sp³-hybridized carbons (Fsp3) is 0.143. The molecule has 0 heterocycles. The van der Waals surface area contributed by atoms with Crippen molar-refractivity contribution in [2.45, 2.75) is 18.7 Å². The first-order valence-corrected chi connectivity index (χ1v) is 7.71. The minimum atomic E-state index is -3.71. The molecule has 3 nitrogen and oxygen atoms in total. The van der Waals surface area contributed by atoms with Gasteiger partial charge in [0.1, 0.15) is 5.82 Å². The van der Waals surface area contributed by atoms with Gasteiger partial charge >= 0.3 is 0 Å². The lowest BCUT2D eigenvalue weighted by Crippen LogP contribution is -2.13. The molecule has 2 aromatic rings. The van der Waals surface area contributed by atoms with Crippen LogP contribution in [0.3, 0.4) is 0 Å². The predicted octanol–water partition coefficient (Wildman–Crippen LogP) is 3.90. The molecule has 0 amide bonds. The smallest absolute Gasteiger partial charge is 0.261 e. The zero-order valence-electron chi connectivity index (χ0n) is 10.9.